The Bertz CT molecular complexity index is 313. The molecule has 0 unspecified atom stereocenters. The van der Waals surface area contributed by atoms with Crippen molar-refractivity contribution in [3.8, 4) is 0 Å². The predicted molar refractivity (Wildman–Crippen MR) is 65.1 cm³/mol. The Kier molecular flexibility index (Phi) is 5.65. The van der Waals surface area contributed by atoms with Gasteiger partial charge < -0.3 is 10.6 Å². The average molecular weight is 263 g/mol. The Labute approximate surface area is 105 Å². The highest BCUT2D eigenvalue weighted by Gasteiger charge is 2.14. The number of hydrogen-bond donors (Lipinski definition) is 2. The number of carbonyl (C=O) groups is 1. The molecule has 1 aromatic rings. The number of nitrogens with one attached hydrogen (secondary N) is 2. The normalized spacial score (nSPS) is 19.1. The minimum Gasteiger partial charge on any atom is -0.351 e. The van der Waals surface area contributed by atoms with Crippen LogP contribution in [0.5, 0.6) is 0 Å². The SMILES string of the molecule is Cl.O=C(NCC[C@H]1CCCN1)c1cnns1. The number of carbonyl (C=O) groups excluding carboxylic acids is 1. The van der Waals surface area contributed by atoms with E-state index in [-0.39, 0.29) is 18.3 Å². The number of aromatic nitrogens is 2. The van der Waals surface area contributed by atoms with Crippen molar-refractivity contribution in [1.82, 2.24) is 20.2 Å². The molecule has 90 valence electrons. The minimum absolute atomic E-state index is 0. The van der Waals surface area contributed by atoms with Gasteiger partial charge in [0.2, 0.25) is 0 Å². The Balaban J connectivity index is 0.00000128. The van der Waals surface area contributed by atoms with Gasteiger partial charge in [-0.15, -0.1) is 17.5 Å². The summed E-state index contributed by atoms with van der Waals surface area (Å²) in [4.78, 5) is 12.1. The quantitative estimate of drug-likeness (QED) is 0.844. The summed E-state index contributed by atoms with van der Waals surface area (Å²) >= 11 is 1.12. The first kappa shape index (κ1) is 13.3. The second kappa shape index (κ2) is 6.78. The Morgan fingerprint density at radius 3 is 3.19 bits per heavy atom. The zero-order valence-electron chi connectivity index (χ0n) is 8.81. The molecule has 5 nitrogen and oxygen atoms in total. The van der Waals surface area contributed by atoms with E-state index in [2.05, 4.69) is 20.2 Å². The van der Waals surface area contributed by atoms with Gasteiger partial charge in [-0.1, -0.05) is 4.49 Å². The molecule has 0 aliphatic carbocycles. The summed E-state index contributed by atoms with van der Waals surface area (Å²) in [5.41, 5.74) is 0. The van der Waals surface area contributed by atoms with Gasteiger partial charge in [0.05, 0.1) is 6.20 Å². The smallest absolute Gasteiger partial charge is 0.264 e. The van der Waals surface area contributed by atoms with Crippen LogP contribution in [0.2, 0.25) is 0 Å². The van der Waals surface area contributed by atoms with Crippen LogP contribution < -0.4 is 10.6 Å². The first-order valence-electron chi connectivity index (χ1n) is 5.15. The fourth-order valence-corrected chi connectivity index (χ4v) is 2.15. The summed E-state index contributed by atoms with van der Waals surface area (Å²) in [5.74, 6) is -0.0667. The largest absolute Gasteiger partial charge is 0.351 e. The van der Waals surface area contributed by atoms with Crippen LogP contribution in [-0.2, 0) is 0 Å². The van der Waals surface area contributed by atoms with Crippen LogP contribution in [0.3, 0.4) is 0 Å². The third kappa shape index (κ3) is 3.70. The summed E-state index contributed by atoms with van der Waals surface area (Å²) in [5, 5.41) is 9.88. The molecular formula is C9H15ClN4OS. The van der Waals surface area contributed by atoms with E-state index >= 15 is 0 Å². The van der Waals surface area contributed by atoms with Crippen LogP contribution >= 0.6 is 23.9 Å². The van der Waals surface area contributed by atoms with Crippen molar-refractivity contribution in [2.75, 3.05) is 13.1 Å². The lowest BCUT2D eigenvalue weighted by Gasteiger charge is -2.09. The molecule has 2 N–H and O–H groups in total. The van der Waals surface area contributed by atoms with E-state index in [1.54, 1.807) is 0 Å². The second-order valence-corrected chi connectivity index (χ2v) is 4.41. The molecule has 0 saturated carbocycles. The lowest BCUT2D eigenvalue weighted by molar-refractivity contribution is 0.0956. The van der Waals surface area contributed by atoms with Gasteiger partial charge in [0, 0.05) is 12.6 Å². The number of hydrogen-bond acceptors (Lipinski definition) is 5. The summed E-state index contributed by atoms with van der Waals surface area (Å²) < 4.78 is 3.65. The molecule has 1 saturated heterocycles. The van der Waals surface area contributed by atoms with Crippen LogP contribution in [-0.4, -0.2) is 34.6 Å². The molecule has 2 heterocycles. The monoisotopic (exact) mass is 262 g/mol. The molecule has 1 aliphatic heterocycles. The summed E-state index contributed by atoms with van der Waals surface area (Å²) in [7, 11) is 0. The molecule has 1 atom stereocenters. The minimum atomic E-state index is -0.0667. The maximum absolute atomic E-state index is 11.5. The van der Waals surface area contributed by atoms with Crippen molar-refractivity contribution in [3.63, 3.8) is 0 Å². The van der Waals surface area contributed by atoms with Gasteiger partial charge >= 0.3 is 0 Å². The van der Waals surface area contributed by atoms with Crippen molar-refractivity contribution < 1.29 is 4.79 Å². The molecule has 1 aromatic heterocycles. The first-order valence-corrected chi connectivity index (χ1v) is 5.92. The molecule has 0 spiro atoms. The fourth-order valence-electron chi connectivity index (χ4n) is 1.72. The highest BCUT2D eigenvalue weighted by atomic mass is 35.5. The fraction of sp³-hybridized carbons (Fsp3) is 0.667. The topological polar surface area (TPSA) is 66.9 Å². The number of nitrogens with zero attached hydrogens (tertiary/aromatic N) is 2. The molecule has 0 bridgehead atoms. The molecule has 1 aliphatic rings. The van der Waals surface area contributed by atoms with Gasteiger partial charge in [-0.25, -0.2) is 0 Å². The highest BCUT2D eigenvalue weighted by Crippen LogP contribution is 2.08. The van der Waals surface area contributed by atoms with Crippen molar-refractivity contribution in [2.45, 2.75) is 25.3 Å². The van der Waals surface area contributed by atoms with E-state index in [0.29, 0.717) is 17.5 Å². The third-order valence-corrected chi connectivity index (χ3v) is 3.19. The summed E-state index contributed by atoms with van der Waals surface area (Å²) in [6, 6.07) is 0.574. The lowest BCUT2D eigenvalue weighted by Crippen LogP contribution is -2.30. The molecule has 1 amide bonds. The molecule has 7 heteroatoms. The van der Waals surface area contributed by atoms with E-state index in [4.69, 9.17) is 0 Å². The Morgan fingerprint density at radius 2 is 2.56 bits per heavy atom. The third-order valence-electron chi connectivity index (χ3n) is 2.53. The van der Waals surface area contributed by atoms with Gasteiger partial charge in [-0.3, -0.25) is 4.79 Å². The van der Waals surface area contributed by atoms with Crippen LogP contribution in [0.25, 0.3) is 0 Å². The zero-order valence-corrected chi connectivity index (χ0v) is 10.4. The first-order chi connectivity index (χ1) is 7.36. The maximum Gasteiger partial charge on any atom is 0.264 e. The zero-order chi connectivity index (χ0) is 10.5. The number of halogens is 1. The van der Waals surface area contributed by atoms with E-state index in [1.165, 1.54) is 19.0 Å². The molecule has 1 fully saturated rings. The van der Waals surface area contributed by atoms with Gasteiger partial charge in [0.1, 0.15) is 4.88 Å². The van der Waals surface area contributed by atoms with Crippen LogP contribution in [0.4, 0.5) is 0 Å². The summed E-state index contributed by atoms with van der Waals surface area (Å²) in [6.45, 7) is 1.83. The Hall–Kier alpha value is -0.720. The molecule has 2 rings (SSSR count). The van der Waals surface area contributed by atoms with Crippen molar-refractivity contribution >= 4 is 29.8 Å². The average Bonchev–Trinajstić information content (AvgIpc) is 2.90. The van der Waals surface area contributed by atoms with E-state index in [0.717, 1.165) is 24.5 Å². The Morgan fingerprint density at radius 1 is 1.69 bits per heavy atom. The van der Waals surface area contributed by atoms with Crippen molar-refractivity contribution in [1.29, 1.82) is 0 Å². The molecule has 0 radical (unpaired) electrons. The maximum atomic E-state index is 11.5. The number of amides is 1. The second-order valence-electron chi connectivity index (χ2n) is 3.62. The summed E-state index contributed by atoms with van der Waals surface area (Å²) in [6.07, 6.45) is 4.96. The van der Waals surface area contributed by atoms with E-state index in [1.807, 2.05) is 0 Å². The van der Waals surface area contributed by atoms with Gasteiger partial charge in [0.15, 0.2) is 0 Å². The van der Waals surface area contributed by atoms with Crippen LogP contribution in [0.15, 0.2) is 6.20 Å². The highest BCUT2D eigenvalue weighted by molar-refractivity contribution is 7.07. The van der Waals surface area contributed by atoms with Crippen LogP contribution in [0.1, 0.15) is 28.9 Å². The van der Waals surface area contributed by atoms with Crippen molar-refractivity contribution in [2.24, 2.45) is 0 Å². The lowest BCUT2D eigenvalue weighted by atomic mass is 10.1. The molecule has 16 heavy (non-hydrogen) atoms. The predicted octanol–water partition coefficient (Wildman–Crippen LogP) is 0.832. The van der Waals surface area contributed by atoms with Gasteiger partial charge in [-0.05, 0) is 37.3 Å². The van der Waals surface area contributed by atoms with Gasteiger partial charge in [0.25, 0.3) is 5.91 Å². The van der Waals surface area contributed by atoms with Crippen LogP contribution in [0, 0.1) is 0 Å². The molecule has 0 aromatic carbocycles. The standard InChI is InChI=1S/C9H14N4OS.ClH/c14-9(8-6-12-13-15-8)11-5-3-7-2-1-4-10-7;/h6-7,10H,1-5H2,(H,11,14);1H/t7-;/m1./s1. The number of rotatable bonds is 4. The molecular weight excluding hydrogens is 248 g/mol. The van der Waals surface area contributed by atoms with E-state index < -0.39 is 0 Å². The van der Waals surface area contributed by atoms with E-state index in [9.17, 15) is 4.79 Å². The van der Waals surface area contributed by atoms with Crippen molar-refractivity contribution in [3.05, 3.63) is 11.1 Å². The van der Waals surface area contributed by atoms with Gasteiger partial charge in [-0.2, -0.15) is 0 Å².